The van der Waals surface area contributed by atoms with E-state index in [0.29, 0.717) is 25.7 Å². The first-order chi connectivity index (χ1) is 15.2. The Morgan fingerprint density at radius 1 is 0.719 bits per heavy atom. The third-order valence-electron chi connectivity index (χ3n) is 6.24. The van der Waals surface area contributed by atoms with Crippen LogP contribution in [0.15, 0.2) is 12.3 Å². The molecule has 2 N–H and O–H groups in total. The first-order valence-corrected chi connectivity index (χ1v) is 12.5. The minimum atomic E-state index is -1.39. The molecular weight excluding hydrogens is 410 g/mol. The van der Waals surface area contributed by atoms with Crippen LogP contribution in [0.1, 0.15) is 111 Å². The average Bonchev–Trinajstić information content (AvgIpc) is 2.73. The maximum Gasteiger partial charge on any atom is 0.363 e. The number of quaternary nitrogens is 1. The van der Waals surface area contributed by atoms with Crippen molar-refractivity contribution in [3.05, 3.63) is 12.3 Å². The Balaban J connectivity index is 6.33. The molecule has 0 radical (unpaired) electrons. The van der Waals surface area contributed by atoms with Gasteiger partial charge >= 0.3 is 11.9 Å². The molecule has 7 nitrogen and oxygen atoms in total. The molecule has 0 amide bonds. The van der Waals surface area contributed by atoms with Gasteiger partial charge in [-0.15, -0.1) is 0 Å². The van der Waals surface area contributed by atoms with Crippen LogP contribution in [0, 0.1) is 0 Å². The number of rotatable bonds is 20. The van der Waals surface area contributed by atoms with E-state index in [-0.39, 0.29) is 19.3 Å². The van der Waals surface area contributed by atoms with Gasteiger partial charge in [-0.2, -0.15) is 0 Å². The van der Waals surface area contributed by atoms with E-state index in [1.165, 1.54) is 19.3 Å². The highest BCUT2D eigenvalue weighted by atomic mass is 16.4. The molecule has 3 unspecified atom stereocenters. The lowest BCUT2D eigenvalue weighted by Gasteiger charge is -2.49. The van der Waals surface area contributed by atoms with E-state index in [0.717, 1.165) is 19.3 Å². The van der Waals surface area contributed by atoms with Gasteiger partial charge in [-0.05, 0) is 31.8 Å². The molecule has 0 aromatic carbocycles. The highest BCUT2D eigenvalue weighted by Crippen LogP contribution is 2.34. The van der Waals surface area contributed by atoms with Crippen molar-refractivity contribution in [2.45, 2.75) is 129 Å². The van der Waals surface area contributed by atoms with Crippen molar-refractivity contribution in [2.75, 3.05) is 0 Å². The van der Waals surface area contributed by atoms with E-state index in [9.17, 15) is 29.7 Å². The zero-order valence-electron chi connectivity index (χ0n) is 20.6. The molecule has 0 aromatic rings. The summed E-state index contributed by atoms with van der Waals surface area (Å²) >= 11 is 0. The molecule has 32 heavy (non-hydrogen) atoms. The largest absolute Gasteiger partial charge is 0.544 e. The van der Waals surface area contributed by atoms with E-state index in [2.05, 4.69) is 6.92 Å². The van der Waals surface area contributed by atoms with E-state index in [1.54, 1.807) is 6.20 Å². The molecule has 0 saturated heterocycles. The highest BCUT2D eigenvalue weighted by Gasteiger charge is 2.54. The number of allylic oxidation sites excluding steroid dienone is 1. The number of carboxylic acid groups (broad SMARTS) is 3. The third kappa shape index (κ3) is 8.93. The van der Waals surface area contributed by atoms with Gasteiger partial charge in [-0.25, -0.2) is 9.59 Å². The summed E-state index contributed by atoms with van der Waals surface area (Å²) in [5.74, 6) is -3.72. The van der Waals surface area contributed by atoms with Gasteiger partial charge in [0.05, 0.1) is 12.2 Å². The molecule has 0 aliphatic carbocycles. The van der Waals surface area contributed by atoms with Crippen LogP contribution in [0.25, 0.3) is 0 Å². The Bertz CT molecular complexity index is 529. The zero-order valence-corrected chi connectivity index (χ0v) is 20.6. The van der Waals surface area contributed by atoms with Crippen molar-refractivity contribution >= 4 is 17.9 Å². The second-order valence-electron chi connectivity index (χ2n) is 8.74. The molecular formula is C25H45NO6. The summed E-state index contributed by atoms with van der Waals surface area (Å²) in [6, 6.07) is -3.56. The van der Waals surface area contributed by atoms with Crippen molar-refractivity contribution in [2.24, 2.45) is 0 Å². The number of unbranched alkanes of at least 4 members (excludes halogenated alkanes) is 6. The first-order valence-electron chi connectivity index (χ1n) is 12.5. The zero-order chi connectivity index (χ0) is 24.6. The van der Waals surface area contributed by atoms with Gasteiger partial charge in [0, 0.05) is 19.3 Å². The second kappa shape index (κ2) is 16.7. The summed E-state index contributed by atoms with van der Waals surface area (Å²) < 4.78 is -0.613. The van der Waals surface area contributed by atoms with Crippen molar-refractivity contribution in [1.82, 2.24) is 0 Å². The second-order valence-corrected chi connectivity index (χ2v) is 8.74. The Kier molecular flexibility index (Phi) is 15.7. The summed E-state index contributed by atoms with van der Waals surface area (Å²) in [5, 5.41) is 32.5. The number of hydrogen-bond donors (Lipinski definition) is 2. The summed E-state index contributed by atoms with van der Waals surface area (Å²) in [4.78, 5) is 37.0. The van der Waals surface area contributed by atoms with Crippen LogP contribution in [-0.2, 0) is 14.4 Å². The molecule has 0 heterocycles. The predicted molar refractivity (Wildman–Crippen MR) is 124 cm³/mol. The van der Waals surface area contributed by atoms with Crippen LogP contribution in [0.2, 0.25) is 0 Å². The average molecular weight is 456 g/mol. The van der Waals surface area contributed by atoms with Crippen LogP contribution < -0.4 is 5.11 Å². The number of nitrogens with zero attached hydrogens (tertiary/aromatic N) is 1. The van der Waals surface area contributed by atoms with Gasteiger partial charge in [0.2, 0.25) is 0 Å². The summed E-state index contributed by atoms with van der Waals surface area (Å²) in [6.07, 6.45) is 12.7. The Hall–Kier alpha value is -1.89. The topological polar surface area (TPSA) is 115 Å². The smallest absolute Gasteiger partial charge is 0.363 e. The number of carboxylic acids is 3. The Morgan fingerprint density at radius 2 is 1.16 bits per heavy atom. The van der Waals surface area contributed by atoms with Gasteiger partial charge in [-0.3, -0.25) is 4.48 Å². The van der Waals surface area contributed by atoms with Gasteiger partial charge in [0.1, 0.15) is 6.04 Å². The molecule has 186 valence electrons. The van der Waals surface area contributed by atoms with Gasteiger partial charge in [0.15, 0.2) is 12.1 Å². The highest BCUT2D eigenvalue weighted by molar-refractivity contribution is 5.77. The number of carbonyl (C=O) groups excluding carboxylic acids is 1. The molecule has 0 spiro atoms. The summed E-state index contributed by atoms with van der Waals surface area (Å²) in [5.41, 5.74) is 0. The van der Waals surface area contributed by atoms with Crippen LogP contribution in [0.4, 0.5) is 0 Å². The fraction of sp³-hybridized carbons (Fsp3) is 0.800. The SMILES string of the molecule is CCCCCCCCC=C[N+](C(CCC)C(=O)[O-])(C(CCC)C(=O)O)C(CCC)C(=O)O. The third-order valence-corrected chi connectivity index (χ3v) is 6.24. The van der Waals surface area contributed by atoms with Gasteiger partial charge in [-0.1, -0.05) is 66.2 Å². The number of carbonyl (C=O) groups is 3. The summed E-state index contributed by atoms with van der Waals surface area (Å²) in [6.45, 7) is 7.63. The Morgan fingerprint density at radius 3 is 1.56 bits per heavy atom. The van der Waals surface area contributed by atoms with Crippen LogP contribution >= 0.6 is 0 Å². The monoisotopic (exact) mass is 455 g/mol. The normalized spacial score (nSPS) is 16.4. The molecule has 0 aromatic heterocycles. The molecule has 0 aliphatic heterocycles. The van der Waals surface area contributed by atoms with Crippen molar-refractivity contribution in [3.8, 4) is 0 Å². The van der Waals surface area contributed by atoms with Gasteiger partial charge in [0.25, 0.3) is 0 Å². The number of aliphatic carboxylic acids is 3. The lowest BCUT2D eigenvalue weighted by Crippen LogP contribution is -2.71. The fourth-order valence-corrected chi connectivity index (χ4v) is 4.68. The maximum atomic E-state index is 12.4. The molecule has 0 aliphatic rings. The van der Waals surface area contributed by atoms with Crippen molar-refractivity contribution < 1.29 is 34.2 Å². The van der Waals surface area contributed by atoms with Crippen LogP contribution in [0.3, 0.4) is 0 Å². The standard InChI is InChI=1S/C25H45NO6/c1-5-9-10-11-12-13-14-15-19-26(20(16-6-2)23(27)28,21(17-7-3)24(29)30)22(18-8-4)25(31)32/h15,19-22H,5-14,16-18H2,1-4H3,(H2-,27,28,29,30,31,32). The van der Waals surface area contributed by atoms with Gasteiger partial charge < -0.3 is 20.1 Å². The van der Waals surface area contributed by atoms with Crippen molar-refractivity contribution in [3.63, 3.8) is 0 Å². The minimum absolute atomic E-state index is 0.157. The van der Waals surface area contributed by atoms with Crippen LogP contribution in [0.5, 0.6) is 0 Å². The minimum Gasteiger partial charge on any atom is -0.544 e. The summed E-state index contributed by atoms with van der Waals surface area (Å²) in [7, 11) is 0. The van der Waals surface area contributed by atoms with Crippen molar-refractivity contribution in [1.29, 1.82) is 0 Å². The molecule has 3 atom stereocenters. The quantitative estimate of drug-likeness (QED) is 0.206. The maximum absolute atomic E-state index is 12.4. The van der Waals surface area contributed by atoms with E-state index < -0.39 is 40.5 Å². The molecule has 0 fully saturated rings. The Labute approximate surface area is 194 Å². The lowest BCUT2D eigenvalue weighted by molar-refractivity contribution is -0.930. The number of hydrogen-bond acceptors (Lipinski definition) is 4. The lowest BCUT2D eigenvalue weighted by atomic mass is 9.93. The molecule has 0 saturated carbocycles. The van der Waals surface area contributed by atoms with E-state index >= 15 is 0 Å². The van der Waals surface area contributed by atoms with E-state index in [4.69, 9.17) is 0 Å². The van der Waals surface area contributed by atoms with Crippen LogP contribution in [-0.4, -0.2) is 50.7 Å². The fourth-order valence-electron chi connectivity index (χ4n) is 4.68. The predicted octanol–water partition coefficient (Wildman–Crippen LogP) is 4.49. The molecule has 0 bridgehead atoms. The first kappa shape index (κ1) is 30.1. The molecule has 7 heteroatoms. The molecule has 0 rings (SSSR count). The van der Waals surface area contributed by atoms with E-state index in [1.807, 2.05) is 26.8 Å².